The van der Waals surface area contributed by atoms with Gasteiger partial charge >= 0.3 is 0 Å². The molecule has 1 aliphatic rings. The lowest BCUT2D eigenvalue weighted by Gasteiger charge is -2.32. The fourth-order valence-electron chi connectivity index (χ4n) is 2.27. The molecule has 0 aliphatic carbocycles. The molecule has 0 saturated carbocycles. The van der Waals surface area contributed by atoms with Crippen LogP contribution in [0.15, 0.2) is 48.9 Å². The average Bonchev–Trinajstić information content (AvgIpc) is 2.56. The Kier molecular flexibility index (Phi) is 3.69. The number of amides is 1. The standard InChI is InChI=1S/C15H15N3O2/c19-15(13-10-16-6-7-17-13)18-8-9-20-14(11-18)12-4-2-1-3-5-12/h1-7,10,14H,8-9,11H2. The van der Waals surface area contributed by atoms with Crippen molar-refractivity contribution in [2.45, 2.75) is 6.10 Å². The molecular formula is C15H15N3O2. The van der Waals surface area contributed by atoms with Crippen LogP contribution in [0.1, 0.15) is 22.2 Å². The van der Waals surface area contributed by atoms with E-state index in [4.69, 9.17) is 4.74 Å². The van der Waals surface area contributed by atoms with Gasteiger partial charge in [0.1, 0.15) is 11.8 Å². The van der Waals surface area contributed by atoms with E-state index in [0.29, 0.717) is 25.4 Å². The Morgan fingerprint density at radius 2 is 2.10 bits per heavy atom. The Morgan fingerprint density at radius 3 is 2.85 bits per heavy atom. The van der Waals surface area contributed by atoms with Crippen LogP contribution >= 0.6 is 0 Å². The Balaban J connectivity index is 1.74. The lowest BCUT2D eigenvalue weighted by atomic mass is 10.1. The number of rotatable bonds is 2. The van der Waals surface area contributed by atoms with Gasteiger partial charge in [0.2, 0.25) is 0 Å². The van der Waals surface area contributed by atoms with E-state index in [1.54, 1.807) is 11.1 Å². The second-order valence-electron chi connectivity index (χ2n) is 4.61. The Hall–Kier alpha value is -2.27. The van der Waals surface area contributed by atoms with Crippen molar-refractivity contribution in [2.24, 2.45) is 0 Å². The minimum atomic E-state index is -0.0951. The molecule has 20 heavy (non-hydrogen) atoms. The Labute approximate surface area is 117 Å². The fraction of sp³-hybridized carbons (Fsp3) is 0.267. The average molecular weight is 269 g/mol. The van der Waals surface area contributed by atoms with E-state index in [1.807, 2.05) is 30.3 Å². The van der Waals surface area contributed by atoms with Crippen molar-refractivity contribution in [2.75, 3.05) is 19.7 Å². The molecule has 1 aromatic heterocycles. The van der Waals surface area contributed by atoms with Crippen LogP contribution in [0.25, 0.3) is 0 Å². The molecule has 1 fully saturated rings. The highest BCUT2D eigenvalue weighted by atomic mass is 16.5. The van der Waals surface area contributed by atoms with Gasteiger partial charge in [0.15, 0.2) is 0 Å². The van der Waals surface area contributed by atoms with Crippen LogP contribution in [0.4, 0.5) is 0 Å². The summed E-state index contributed by atoms with van der Waals surface area (Å²) in [4.78, 5) is 22.1. The van der Waals surface area contributed by atoms with Crippen LogP contribution in [0.2, 0.25) is 0 Å². The van der Waals surface area contributed by atoms with Crippen molar-refractivity contribution >= 4 is 5.91 Å². The Bertz CT molecular complexity index is 574. The van der Waals surface area contributed by atoms with Crippen molar-refractivity contribution in [1.29, 1.82) is 0 Å². The summed E-state index contributed by atoms with van der Waals surface area (Å²) in [7, 11) is 0. The van der Waals surface area contributed by atoms with Gasteiger partial charge in [-0.2, -0.15) is 0 Å². The highest BCUT2D eigenvalue weighted by molar-refractivity contribution is 5.92. The maximum atomic E-state index is 12.3. The molecule has 1 aromatic carbocycles. The number of hydrogen-bond donors (Lipinski definition) is 0. The van der Waals surface area contributed by atoms with Gasteiger partial charge in [-0.05, 0) is 5.56 Å². The molecule has 1 aliphatic heterocycles. The summed E-state index contributed by atoms with van der Waals surface area (Å²) in [5.41, 5.74) is 1.46. The van der Waals surface area contributed by atoms with Gasteiger partial charge in [0, 0.05) is 18.9 Å². The molecule has 1 unspecified atom stereocenters. The molecular weight excluding hydrogens is 254 g/mol. The molecule has 1 atom stereocenters. The van der Waals surface area contributed by atoms with Crippen LogP contribution in [-0.4, -0.2) is 40.5 Å². The quantitative estimate of drug-likeness (QED) is 0.832. The fourth-order valence-corrected chi connectivity index (χ4v) is 2.27. The Morgan fingerprint density at radius 1 is 1.25 bits per heavy atom. The van der Waals surface area contributed by atoms with Crippen molar-refractivity contribution in [3.05, 3.63) is 60.2 Å². The molecule has 0 N–H and O–H groups in total. The molecule has 102 valence electrons. The first kappa shape index (κ1) is 12.7. The summed E-state index contributed by atoms with van der Waals surface area (Å²) in [6, 6.07) is 9.95. The van der Waals surface area contributed by atoms with E-state index in [0.717, 1.165) is 5.56 Å². The summed E-state index contributed by atoms with van der Waals surface area (Å²) in [5.74, 6) is -0.0951. The first-order valence-corrected chi connectivity index (χ1v) is 6.56. The van der Waals surface area contributed by atoms with E-state index in [9.17, 15) is 4.79 Å². The molecule has 5 heteroatoms. The number of benzene rings is 1. The molecule has 0 spiro atoms. The molecule has 2 aromatic rings. The first-order valence-electron chi connectivity index (χ1n) is 6.56. The zero-order valence-electron chi connectivity index (χ0n) is 11.0. The smallest absolute Gasteiger partial charge is 0.274 e. The third-order valence-electron chi connectivity index (χ3n) is 3.31. The largest absolute Gasteiger partial charge is 0.370 e. The molecule has 1 amide bonds. The second kappa shape index (κ2) is 5.79. The summed E-state index contributed by atoms with van der Waals surface area (Å²) < 4.78 is 5.75. The highest BCUT2D eigenvalue weighted by Crippen LogP contribution is 2.22. The van der Waals surface area contributed by atoms with Gasteiger partial charge in [0.05, 0.1) is 19.3 Å². The second-order valence-corrected chi connectivity index (χ2v) is 4.61. The van der Waals surface area contributed by atoms with Gasteiger partial charge < -0.3 is 9.64 Å². The molecule has 5 nitrogen and oxygen atoms in total. The minimum Gasteiger partial charge on any atom is -0.370 e. The minimum absolute atomic E-state index is 0.0782. The SMILES string of the molecule is O=C(c1cnccn1)N1CCOC(c2ccccc2)C1. The van der Waals surface area contributed by atoms with Crippen LogP contribution in [-0.2, 0) is 4.74 Å². The van der Waals surface area contributed by atoms with Gasteiger partial charge in [-0.15, -0.1) is 0 Å². The number of carbonyl (C=O) groups is 1. The maximum Gasteiger partial charge on any atom is 0.274 e. The predicted molar refractivity (Wildman–Crippen MR) is 73.1 cm³/mol. The zero-order valence-corrected chi connectivity index (χ0v) is 11.0. The summed E-state index contributed by atoms with van der Waals surface area (Å²) >= 11 is 0. The first-order chi connectivity index (χ1) is 9.84. The van der Waals surface area contributed by atoms with Crippen LogP contribution in [0.3, 0.4) is 0 Å². The number of aromatic nitrogens is 2. The maximum absolute atomic E-state index is 12.3. The number of nitrogens with zero attached hydrogens (tertiary/aromatic N) is 3. The van der Waals surface area contributed by atoms with Gasteiger partial charge in [-0.3, -0.25) is 9.78 Å². The lowest BCUT2D eigenvalue weighted by Crippen LogP contribution is -2.42. The van der Waals surface area contributed by atoms with E-state index < -0.39 is 0 Å². The number of carbonyl (C=O) groups excluding carboxylic acids is 1. The van der Waals surface area contributed by atoms with E-state index >= 15 is 0 Å². The predicted octanol–water partition coefficient (Wildman–Crippen LogP) is 1.69. The summed E-state index contributed by atoms with van der Waals surface area (Å²) in [5, 5.41) is 0. The third kappa shape index (κ3) is 2.67. The third-order valence-corrected chi connectivity index (χ3v) is 3.31. The zero-order chi connectivity index (χ0) is 13.8. The number of ether oxygens (including phenoxy) is 1. The number of morpholine rings is 1. The van der Waals surface area contributed by atoms with Crippen LogP contribution < -0.4 is 0 Å². The number of hydrogen-bond acceptors (Lipinski definition) is 4. The topological polar surface area (TPSA) is 55.3 Å². The lowest BCUT2D eigenvalue weighted by molar-refractivity contribution is -0.0230. The molecule has 1 saturated heterocycles. The monoisotopic (exact) mass is 269 g/mol. The van der Waals surface area contributed by atoms with Crippen molar-refractivity contribution in [3.63, 3.8) is 0 Å². The van der Waals surface area contributed by atoms with E-state index in [-0.39, 0.29) is 12.0 Å². The molecule has 3 rings (SSSR count). The van der Waals surface area contributed by atoms with Gasteiger partial charge in [0.25, 0.3) is 5.91 Å². The molecule has 0 radical (unpaired) electrons. The van der Waals surface area contributed by atoms with E-state index in [2.05, 4.69) is 9.97 Å². The van der Waals surface area contributed by atoms with Crippen LogP contribution in [0.5, 0.6) is 0 Å². The van der Waals surface area contributed by atoms with E-state index in [1.165, 1.54) is 12.4 Å². The van der Waals surface area contributed by atoms with Crippen molar-refractivity contribution in [1.82, 2.24) is 14.9 Å². The molecule has 2 heterocycles. The van der Waals surface area contributed by atoms with Gasteiger partial charge in [-0.25, -0.2) is 4.98 Å². The van der Waals surface area contributed by atoms with Gasteiger partial charge in [-0.1, -0.05) is 30.3 Å². The highest BCUT2D eigenvalue weighted by Gasteiger charge is 2.26. The van der Waals surface area contributed by atoms with Crippen LogP contribution in [0, 0.1) is 0 Å². The van der Waals surface area contributed by atoms with Crippen molar-refractivity contribution < 1.29 is 9.53 Å². The normalized spacial score (nSPS) is 18.8. The van der Waals surface area contributed by atoms with Crippen molar-refractivity contribution in [3.8, 4) is 0 Å². The molecule has 0 bridgehead atoms. The summed E-state index contributed by atoms with van der Waals surface area (Å²) in [6.07, 6.45) is 4.51. The summed E-state index contributed by atoms with van der Waals surface area (Å²) in [6.45, 7) is 1.66.